The predicted octanol–water partition coefficient (Wildman–Crippen LogP) is 2.95. The second-order valence-electron chi connectivity index (χ2n) is 7.97. The van der Waals surface area contributed by atoms with Crippen LogP contribution in [0.1, 0.15) is 56.2 Å². The lowest BCUT2D eigenvalue weighted by Gasteiger charge is -2.45. The van der Waals surface area contributed by atoms with Crippen LogP contribution in [0.3, 0.4) is 0 Å². The molecule has 28 heavy (non-hydrogen) atoms. The van der Waals surface area contributed by atoms with Crippen molar-refractivity contribution in [1.82, 2.24) is 15.0 Å². The third kappa shape index (κ3) is 3.69. The molecule has 1 saturated carbocycles. The van der Waals surface area contributed by atoms with Crippen molar-refractivity contribution in [2.75, 3.05) is 0 Å². The van der Waals surface area contributed by atoms with Gasteiger partial charge in [-0.05, 0) is 49.2 Å². The first-order valence-corrected chi connectivity index (χ1v) is 9.85. The minimum atomic E-state index is -0.00390. The maximum Gasteiger partial charge on any atom is 0.211 e. The Labute approximate surface area is 165 Å². The lowest BCUT2D eigenvalue weighted by atomic mass is 9.59. The molecule has 0 aliphatic heterocycles. The van der Waals surface area contributed by atoms with E-state index in [1.807, 2.05) is 10.7 Å². The fourth-order valence-corrected chi connectivity index (χ4v) is 4.55. The van der Waals surface area contributed by atoms with E-state index in [0.717, 1.165) is 50.1 Å². The number of aromatic nitrogens is 3. The zero-order chi connectivity index (χ0) is 19.6. The van der Waals surface area contributed by atoms with Crippen molar-refractivity contribution in [2.24, 2.45) is 27.1 Å². The van der Waals surface area contributed by atoms with E-state index in [0.29, 0.717) is 5.92 Å². The summed E-state index contributed by atoms with van der Waals surface area (Å²) in [4.78, 5) is 0. The van der Waals surface area contributed by atoms with Crippen LogP contribution in [-0.2, 0) is 6.54 Å². The molecular weight excluding hydrogens is 350 g/mol. The van der Waals surface area contributed by atoms with Gasteiger partial charge in [-0.1, -0.05) is 48.0 Å². The van der Waals surface area contributed by atoms with E-state index in [1.165, 1.54) is 11.1 Å². The van der Waals surface area contributed by atoms with Gasteiger partial charge in [-0.25, -0.2) is 4.68 Å². The molecule has 0 radical (unpaired) electrons. The average Bonchev–Trinajstić information content (AvgIpc) is 3.14. The van der Waals surface area contributed by atoms with E-state index in [2.05, 4.69) is 64.0 Å². The first-order chi connectivity index (χ1) is 13.5. The molecule has 1 aromatic carbocycles. The Hall–Kier alpha value is -2.96. The summed E-state index contributed by atoms with van der Waals surface area (Å²) in [6.07, 6.45) is 9.57. The zero-order valence-electron chi connectivity index (χ0n) is 16.3. The molecule has 7 heteroatoms. The van der Waals surface area contributed by atoms with Gasteiger partial charge in [0, 0.05) is 12.1 Å². The van der Waals surface area contributed by atoms with Crippen LogP contribution >= 0.6 is 0 Å². The number of nitrogens with two attached hydrogens (primary N) is 2. The third-order valence-electron chi connectivity index (χ3n) is 6.08. The molecule has 2 aliphatic rings. The third-order valence-corrected chi connectivity index (χ3v) is 6.08. The van der Waals surface area contributed by atoms with Crippen LogP contribution in [0.2, 0.25) is 0 Å². The van der Waals surface area contributed by atoms with Gasteiger partial charge in [-0.2, -0.15) is 5.10 Å². The number of hydrogen-bond donors (Lipinski definition) is 2. The molecule has 2 aromatic rings. The Morgan fingerprint density at radius 2 is 2.07 bits per heavy atom. The topological polar surface area (TPSA) is 107 Å². The molecule has 1 aromatic heterocycles. The van der Waals surface area contributed by atoms with Gasteiger partial charge in [-0.3, -0.25) is 0 Å². The first-order valence-electron chi connectivity index (χ1n) is 9.85. The Balaban J connectivity index is 1.57. The minimum Gasteiger partial charge on any atom is -0.369 e. The molecule has 0 amide bonds. The van der Waals surface area contributed by atoms with Crippen LogP contribution in [0.4, 0.5) is 0 Å². The van der Waals surface area contributed by atoms with E-state index in [-0.39, 0.29) is 11.4 Å². The maximum absolute atomic E-state index is 5.41. The number of hydrogen-bond acceptors (Lipinski definition) is 4. The Kier molecular flexibility index (Phi) is 4.98. The molecule has 0 unspecified atom stereocenters. The summed E-state index contributed by atoms with van der Waals surface area (Å²) in [5.74, 6) is 0.373. The summed E-state index contributed by atoms with van der Waals surface area (Å²) >= 11 is 0. The lowest BCUT2D eigenvalue weighted by molar-refractivity contribution is 0.230. The summed E-state index contributed by atoms with van der Waals surface area (Å²) in [5, 5.41) is 17.0. The maximum atomic E-state index is 5.41. The van der Waals surface area contributed by atoms with Gasteiger partial charge in [0.1, 0.15) is 0 Å². The molecule has 4 N–H and O–H groups in total. The predicted molar refractivity (Wildman–Crippen MR) is 111 cm³/mol. The molecule has 0 bridgehead atoms. The normalized spacial score (nSPS) is 25.8. The molecule has 7 nitrogen and oxygen atoms in total. The second-order valence-corrected chi connectivity index (χ2v) is 7.97. The van der Waals surface area contributed by atoms with Crippen LogP contribution in [-0.4, -0.2) is 26.7 Å². The number of guanidine groups is 1. The summed E-state index contributed by atoms with van der Waals surface area (Å²) in [6, 6.07) is 10.4. The van der Waals surface area contributed by atoms with E-state index in [1.54, 1.807) is 0 Å². The van der Waals surface area contributed by atoms with Crippen LogP contribution in [0.5, 0.6) is 0 Å². The molecular formula is C21H27N7. The number of benzene rings is 1. The Bertz CT molecular complexity index is 921. The van der Waals surface area contributed by atoms with Gasteiger partial charge in [-0.15, -0.1) is 10.2 Å². The zero-order valence-corrected chi connectivity index (χ0v) is 16.3. The second kappa shape index (κ2) is 7.58. The van der Waals surface area contributed by atoms with Gasteiger partial charge >= 0.3 is 0 Å². The van der Waals surface area contributed by atoms with Gasteiger partial charge in [0.25, 0.3) is 0 Å². The van der Waals surface area contributed by atoms with Crippen LogP contribution in [0.25, 0.3) is 0 Å². The van der Waals surface area contributed by atoms with E-state index in [9.17, 15) is 0 Å². The monoisotopic (exact) mass is 377 g/mol. The fourth-order valence-electron chi connectivity index (χ4n) is 4.55. The highest BCUT2D eigenvalue weighted by atomic mass is 15.4. The Morgan fingerprint density at radius 1 is 1.25 bits per heavy atom. The number of rotatable bonds is 4. The Morgan fingerprint density at radius 3 is 2.86 bits per heavy atom. The van der Waals surface area contributed by atoms with Crippen molar-refractivity contribution in [2.45, 2.75) is 51.5 Å². The average molecular weight is 377 g/mol. The van der Waals surface area contributed by atoms with Crippen molar-refractivity contribution < 1.29 is 0 Å². The van der Waals surface area contributed by atoms with Crippen molar-refractivity contribution in [3.05, 3.63) is 59.4 Å². The largest absolute Gasteiger partial charge is 0.369 e. The highest BCUT2D eigenvalue weighted by molar-refractivity contribution is 5.97. The number of allylic oxidation sites excluding steroid dienone is 2. The molecule has 4 rings (SSSR count). The SMILES string of the molecule is C[C@]12CC/C(=N/N=C(N)N)C=C1CCC[C@@H]2c1cn(Cc2ccccc2)nn1. The highest BCUT2D eigenvalue weighted by Crippen LogP contribution is 2.54. The van der Waals surface area contributed by atoms with Gasteiger partial charge in [0.15, 0.2) is 0 Å². The molecule has 1 fully saturated rings. The lowest BCUT2D eigenvalue weighted by Crippen LogP contribution is -2.35. The van der Waals surface area contributed by atoms with Gasteiger partial charge < -0.3 is 11.5 Å². The summed E-state index contributed by atoms with van der Waals surface area (Å²) < 4.78 is 1.94. The molecule has 2 aliphatic carbocycles. The van der Waals surface area contributed by atoms with Crippen molar-refractivity contribution in [1.29, 1.82) is 0 Å². The molecule has 2 atom stereocenters. The summed E-state index contributed by atoms with van der Waals surface area (Å²) in [7, 11) is 0. The highest BCUT2D eigenvalue weighted by Gasteiger charge is 2.43. The fraction of sp³-hybridized carbons (Fsp3) is 0.429. The van der Waals surface area contributed by atoms with Crippen molar-refractivity contribution >= 4 is 11.7 Å². The van der Waals surface area contributed by atoms with Crippen molar-refractivity contribution in [3.63, 3.8) is 0 Å². The van der Waals surface area contributed by atoms with Gasteiger partial charge in [0.2, 0.25) is 5.96 Å². The summed E-state index contributed by atoms with van der Waals surface area (Å²) in [6.45, 7) is 3.10. The van der Waals surface area contributed by atoms with E-state index in [4.69, 9.17) is 11.5 Å². The van der Waals surface area contributed by atoms with Crippen LogP contribution < -0.4 is 11.5 Å². The number of fused-ring (bicyclic) bond motifs is 1. The number of nitrogens with zero attached hydrogens (tertiary/aromatic N) is 5. The smallest absolute Gasteiger partial charge is 0.211 e. The van der Waals surface area contributed by atoms with Crippen LogP contribution in [0, 0.1) is 5.41 Å². The van der Waals surface area contributed by atoms with E-state index >= 15 is 0 Å². The summed E-state index contributed by atoms with van der Waals surface area (Å²) in [5.41, 5.74) is 15.6. The first kappa shape index (κ1) is 18.4. The van der Waals surface area contributed by atoms with Crippen LogP contribution in [0.15, 0.2) is 58.4 Å². The van der Waals surface area contributed by atoms with Crippen molar-refractivity contribution in [3.8, 4) is 0 Å². The minimum absolute atomic E-state index is 0.00390. The standard InChI is InChI=1S/C21H27N7/c1-21-11-10-17(24-26-20(22)23)12-16(21)8-5-9-18(21)19-14-28(27-25-19)13-15-6-3-2-4-7-15/h2-4,6-7,12,14,18H,5,8-11,13H2,1H3,(H4,22,23,26)/b24-17-/t18-,21+/m1/s1. The molecule has 1 heterocycles. The quantitative estimate of drug-likeness (QED) is 0.485. The van der Waals surface area contributed by atoms with E-state index < -0.39 is 0 Å². The molecule has 0 saturated heterocycles. The van der Waals surface area contributed by atoms with Gasteiger partial charge in [0.05, 0.1) is 18.0 Å². The molecule has 146 valence electrons. The molecule has 0 spiro atoms.